The van der Waals surface area contributed by atoms with Gasteiger partial charge in [0, 0.05) is 27.5 Å². The molecular formula is C24H26BrClN4O2. The molecule has 1 saturated heterocycles. The van der Waals surface area contributed by atoms with E-state index in [1.54, 1.807) is 0 Å². The quantitative estimate of drug-likeness (QED) is 0.420. The fraction of sp³-hybridized carbons (Fsp3) is 0.375. The van der Waals surface area contributed by atoms with Crippen molar-refractivity contribution in [1.82, 2.24) is 20.4 Å². The Bertz CT molecular complexity index is 1050. The Morgan fingerprint density at radius 3 is 2.78 bits per heavy atom. The minimum atomic E-state index is 0.0616. The molecule has 2 aromatic carbocycles. The van der Waals surface area contributed by atoms with Gasteiger partial charge in [0.25, 0.3) is 0 Å². The number of likely N-dealkylation sites (tertiary alicyclic amines) is 1. The molecule has 1 fully saturated rings. The Balaban J connectivity index is 1.18. The maximum atomic E-state index is 12.5. The number of halogens is 2. The Morgan fingerprint density at radius 2 is 2.00 bits per heavy atom. The van der Waals surface area contributed by atoms with E-state index in [1.807, 2.05) is 48.5 Å². The zero-order valence-electron chi connectivity index (χ0n) is 17.8. The van der Waals surface area contributed by atoms with E-state index in [2.05, 4.69) is 36.3 Å². The third-order valence-corrected chi connectivity index (χ3v) is 6.61. The first-order chi connectivity index (χ1) is 15.6. The van der Waals surface area contributed by atoms with Gasteiger partial charge in [0.1, 0.15) is 0 Å². The minimum Gasteiger partial charge on any atom is -0.356 e. The molecule has 1 N–H and O–H groups in total. The molecule has 0 bridgehead atoms. The molecule has 8 heteroatoms. The summed E-state index contributed by atoms with van der Waals surface area (Å²) in [7, 11) is 0. The van der Waals surface area contributed by atoms with Crippen molar-refractivity contribution in [3.63, 3.8) is 0 Å². The molecular weight excluding hydrogens is 492 g/mol. The summed E-state index contributed by atoms with van der Waals surface area (Å²) < 4.78 is 6.42. The topological polar surface area (TPSA) is 71.3 Å². The van der Waals surface area contributed by atoms with Gasteiger partial charge in [-0.3, -0.25) is 9.69 Å². The Kier molecular flexibility index (Phi) is 7.95. The standard InChI is InChI=1S/C24H26BrClN4O2/c25-20-8-3-6-19(15-20)23-28-22(32-29-23)16-30-13-10-18(11-14-30)24(31)27-12-4-7-17-5-1-2-9-21(17)26/h1-3,5-6,8-9,15,18H,4,7,10-14,16H2,(H,27,31). The van der Waals surface area contributed by atoms with Gasteiger partial charge in [-0.05, 0) is 62.5 Å². The number of nitrogens with zero attached hydrogens (tertiary/aromatic N) is 3. The first-order valence-electron chi connectivity index (χ1n) is 10.9. The third-order valence-electron chi connectivity index (χ3n) is 5.75. The van der Waals surface area contributed by atoms with Crippen LogP contribution in [0.1, 0.15) is 30.7 Å². The van der Waals surface area contributed by atoms with Gasteiger partial charge < -0.3 is 9.84 Å². The van der Waals surface area contributed by atoms with Crippen LogP contribution in [0.15, 0.2) is 57.5 Å². The molecule has 4 rings (SSSR count). The van der Waals surface area contributed by atoms with Crippen molar-refractivity contribution in [2.75, 3.05) is 19.6 Å². The molecule has 1 aliphatic rings. The van der Waals surface area contributed by atoms with Crippen molar-refractivity contribution in [3.8, 4) is 11.4 Å². The van der Waals surface area contributed by atoms with Crippen LogP contribution in [0.4, 0.5) is 0 Å². The van der Waals surface area contributed by atoms with Gasteiger partial charge in [0.2, 0.25) is 17.6 Å². The van der Waals surface area contributed by atoms with E-state index >= 15 is 0 Å². The van der Waals surface area contributed by atoms with E-state index < -0.39 is 0 Å². The second-order valence-electron chi connectivity index (χ2n) is 8.06. The van der Waals surface area contributed by atoms with Crippen molar-refractivity contribution < 1.29 is 9.32 Å². The summed E-state index contributed by atoms with van der Waals surface area (Å²) in [6.07, 6.45) is 3.42. The van der Waals surface area contributed by atoms with Gasteiger partial charge in [-0.25, -0.2) is 0 Å². The summed E-state index contributed by atoms with van der Waals surface area (Å²) in [5.74, 6) is 1.40. The van der Waals surface area contributed by atoms with Gasteiger partial charge in [-0.15, -0.1) is 0 Å². The van der Waals surface area contributed by atoms with Gasteiger partial charge in [0.15, 0.2) is 0 Å². The molecule has 168 valence electrons. The fourth-order valence-corrected chi connectivity index (χ4v) is 4.57. The molecule has 1 aromatic heterocycles. The minimum absolute atomic E-state index is 0.0616. The predicted octanol–water partition coefficient (Wildman–Crippen LogP) is 5.11. The summed E-state index contributed by atoms with van der Waals surface area (Å²) >= 11 is 9.65. The largest absolute Gasteiger partial charge is 0.356 e. The maximum absolute atomic E-state index is 12.5. The molecule has 6 nitrogen and oxygen atoms in total. The van der Waals surface area contributed by atoms with E-state index in [0.29, 0.717) is 24.8 Å². The number of aromatic nitrogens is 2. The first-order valence-corrected chi connectivity index (χ1v) is 12.1. The first kappa shape index (κ1) is 23.0. The molecule has 3 aromatic rings. The van der Waals surface area contributed by atoms with Crippen molar-refractivity contribution in [2.45, 2.75) is 32.2 Å². The van der Waals surface area contributed by atoms with Gasteiger partial charge in [-0.1, -0.05) is 63.0 Å². The van der Waals surface area contributed by atoms with Crippen LogP contribution >= 0.6 is 27.5 Å². The van der Waals surface area contributed by atoms with Crippen LogP contribution in [0.2, 0.25) is 5.02 Å². The van der Waals surface area contributed by atoms with E-state index in [0.717, 1.165) is 59.4 Å². The summed E-state index contributed by atoms with van der Waals surface area (Å²) in [5.41, 5.74) is 2.04. The number of nitrogens with one attached hydrogen (secondary N) is 1. The Hall–Kier alpha value is -2.22. The third kappa shape index (κ3) is 6.18. The monoisotopic (exact) mass is 516 g/mol. The average Bonchev–Trinajstić information content (AvgIpc) is 3.27. The predicted molar refractivity (Wildman–Crippen MR) is 128 cm³/mol. The number of piperidine rings is 1. The molecule has 0 radical (unpaired) electrons. The molecule has 32 heavy (non-hydrogen) atoms. The summed E-state index contributed by atoms with van der Waals surface area (Å²) in [4.78, 5) is 19.3. The second-order valence-corrected chi connectivity index (χ2v) is 9.38. The SMILES string of the molecule is O=C(NCCCc1ccccc1Cl)C1CCN(Cc2nc(-c3cccc(Br)c3)no2)CC1. The van der Waals surface area contributed by atoms with E-state index in [9.17, 15) is 4.79 Å². The van der Waals surface area contributed by atoms with Gasteiger partial charge >= 0.3 is 0 Å². The zero-order chi connectivity index (χ0) is 22.3. The van der Waals surface area contributed by atoms with Crippen molar-refractivity contribution >= 4 is 33.4 Å². The number of carbonyl (C=O) groups excluding carboxylic acids is 1. The van der Waals surface area contributed by atoms with Crippen LogP contribution in [-0.2, 0) is 17.8 Å². The van der Waals surface area contributed by atoms with Crippen molar-refractivity contribution in [2.24, 2.45) is 5.92 Å². The summed E-state index contributed by atoms with van der Waals surface area (Å²) in [6.45, 7) is 2.95. The van der Waals surface area contributed by atoms with Crippen LogP contribution in [0.25, 0.3) is 11.4 Å². The van der Waals surface area contributed by atoms with E-state index in [1.165, 1.54) is 0 Å². The molecule has 0 spiro atoms. The van der Waals surface area contributed by atoms with Crippen LogP contribution in [0.5, 0.6) is 0 Å². The lowest BCUT2D eigenvalue weighted by Gasteiger charge is -2.30. The molecule has 2 heterocycles. The number of hydrogen-bond donors (Lipinski definition) is 1. The second kappa shape index (κ2) is 11.1. The normalized spacial score (nSPS) is 15.1. The van der Waals surface area contributed by atoms with Crippen molar-refractivity contribution in [3.05, 3.63) is 69.5 Å². The number of benzene rings is 2. The van der Waals surface area contributed by atoms with Crippen LogP contribution in [0, 0.1) is 5.92 Å². The lowest BCUT2D eigenvalue weighted by molar-refractivity contribution is -0.126. The average molecular weight is 518 g/mol. The lowest BCUT2D eigenvalue weighted by Crippen LogP contribution is -2.40. The van der Waals surface area contributed by atoms with Gasteiger partial charge in [-0.2, -0.15) is 4.98 Å². The van der Waals surface area contributed by atoms with E-state index in [4.69, 9.17) is 16.1 Å². The molecule has 1 aliphatic heterocycles. The molecule has 0 aliphatic carbocycles. The molecule has 1 amide bonds. The van der Waals surface area contributed by atoms with Gasteiger partial charge in [0.05, 0.1) is 6.54 Å². The van der Waals surface area contributed by atoms with Crippen molar-refractivity contribution in [1.29, 1.82) is 0 Å². The number of carbonyl (C=O) groups is 1. The highest BCUT2D eigenvalue weighted by Gasteiger charge is 2.25. The highest BCUT2D eigenvalue weighted by molar-refractivity contribution is 9.10. The zero-order valence-corrected chi connectivity index (χ0v) is 20.1. The smallest absolute Gasteiger partial charge is 0.241 e. The van der Waals surface area contributed by atoms with Crippen LogP contribution in [0.3, 0.4) is 0 Å². The van der Waals surface area contributed by atoms with Crippen LogP contribution in [-0.4, -0.2) is 40.6 Å². The summed E-state index contributed by atoms with van der Waals surface area (Å²) in [6, 6.07) is 15.7. The fourth-order valence-electron chi connectivity index (χ4n) is 3.94. The lowest BCUT2D eigenvalue weighted by atomic mass is 9.96. The highest BCUT2D eigenvalue weighted by Crippen LogP contribution is 2.22. The number of aryl methyl sites for hydroxylation is 1. The number of amides is 1. The highest BCUT2D eigenvalue weighted by atomic mass is 79.9. The molecule has 0 atom stereocenters. The molecule has 0 saturated carbocycles. The summed E-state index contributed by atoms with van der Waals surface area (Å²) in [5, 5.41) is 7.97. The van der Waals surface area contributed by atoms with E-state index in [-0.39, 0.29) is 11.8 Å². The Labute approximate surface area is 201 Å². The number of rotatable bonds is 8. The Morgan fingerprint density at radius 1 is 1.19 bits per heavy atom. The number of hydrogen-bond acceptors (Lipinski definition) is 5. The van der Waals surface area contributed by atoms with Crippen LogP contribution < -0.4 is 5.32 Å². The molecule has 0 unspecified atom stereocenters. The maximum Gasteiger partial charge on any atom is 0.241 e.